The molecule has 0 aliphatic carbocycles. The SMILES string of the molecule is Cc1cc(C)c2nc(N3CCN(C(=O)c4ccc(F)cc4F)CC3)sc2c1. The number of fused-ring (bicyclic) bond motifs is 1. The van der Waals surface area contributed by atoms with Gasteiger partial charge in [0.15, 0.2) is 5.13 Å². The van der Waals surface area contributed by atoms with Gasteiger partial charge < -0.3 is 9.80 Å². The molecule has 0 spiro atoms. The molecule has 1 saturated heterocycles. The van der Waals surface area contributed by atoms with Gasteiger partial charge in [-0.05, 0) is 43.2 Å². The zero-order valence-corrected chi connectivity index (χ0v) is 15.9. The molecule has 0 bridgehead atoms. The maximum atomic E-state index is 13.9. The van der Waals surface area contributed by atoms with Gasteiger partial charge in [0.25, 0.3) is 5.91 Å². The molecule has 27 heavy (non-hydrogen) atoms. The van der Waals surface area contributed by atoms with E-state index >= 15 is 0 Å². The van der Waals surface area contributed by atoms with Crippen molar-refractivity contribution in [2.24, 2.45) is 0 Å². The normalized spacial score (nSPS) is 14.8. The largest absolute Gasteiger partial charge is 0.345 e. The molecule has 0 unspecified atom stereocenters. The van der Waals surface area contributed by atoms with Crippen molar-refractivity contribution < 1.29 is 13.6 Å². The summed E-state index contributed by atoms with van der Waals surface area (Å²) in [6, 6.07) is 7.32. The van der Waals surface area contributed by atoms with E-state index in [1.807, 2.05) is 0 Å². The second-order valence-corrected chi connectivity index (χ2v) is 7.84. The zero-order valence-electron chi connectivity index (χ0n) is 15.1. The molecular weight excluding hydrogens is 368 g/mol. The minimum atomic E-state index is -0.820. The Balaban J connectivity index is 1.49. The first-order valence-electron chi connectivity index (χ1n) is 8.79. The average Bonchev–Trinajstić information content (AvgIpc) is 3.06. The summed E-state index contributed by atoms with van der Waals surface area (Å²) in [4.78, 5) is 21.1. The predicted molar refractivity (Wildman–Crippen MR) is 104 cm³/mol. The van der Waals surface area contributed by atoms with Crippen molar-refractivity contribution in [2.45, 2.75) is 13.8 Å². The molecule has 0 N–H and O–H groups in total. The van der Waals surface area contributed by atoms with Gasteiger partial charge in [-0.25, -0.2) is 13.8 Å². The van der Waals surface area contributed by atoms with Crippen LogP contribution in [0.5, 0.6) is 0 Å². The number of hydrogen-bond acceptors (Lipinski definition) is 4. The van der Waals surface area contributed by atoms with E-state index in [4.69, 9.17) is 4.98 Å². The van der Waals surface area contributed by atoms with Crippen molar-refractivity contribution in [1.29, 1.82) is 0 Å². The molecule has 4 rings (SSSR count). The number of halogens is 2. The van der Waals surface area contributed by atoms with E-state index in [0.29, 0.717) is 26.2 Å². The summed E-state index contributed by atoms with van der Waals surface area (Å²) in [5.41, 5.74) is 3.31. The monoisotopic (exact) mass is 387 g/mol. The van der Waals surface area contributed by atoms with Gasteiger partial charge in [0.1, 0.15) is 11.6 Å². The molecule has 1 fully saturated rings. The topological polar surface area (TPSA) is 36.4 Å². The number of carbonyl (C=O) groups is 1. The summed E-state index contributed by atoms with van der Waals surface area (Å²) in [6.45, 7) is 6.35. The molecule has 2 heterocycles. The van der Waals surface area contributed by atoms with Crippen molar-refractivity contribution in [1.82, 2.24) is 9.88 Å². The Morgan fingerprint density at radius 2 is 1.81 bits per heavy atom. The van der Waals surface area contributed by atoms with Crippen LogP contribution in [0.15, 0.2) is 30.3 Å². The van der Waals surface area contributed by atoms with Gasteiger partial charge in [0, 0.05) is 32.2 Å². The van der Waals surface area contributed by atoms with E-state index in [2.05, 4.69) is 30.9 Å². The highest BCUT2D eigenvalue weighted by molar-refractivity contribution is 7.22. The van der Waals surface area contributed by atoms with Crippen molar-refractivity contribution in [2.75, 3.05) is 31.1 Å². The number of rotatable bonds is 2. The van der Waals surface area contributed by atoms with Crippen LogP contribution in [0.4, 0.5) is 13.9 Å². The number of carbonyl (C=O) groups excluding carboxylic acids is 1. The first-order valence-corrected chi connectivity index (χ1v) is 9.61. The van der Waals surface area contributed by atoms with Gasteiger partial charge in [0.2, 0.25) is 0 Å². The van der Waals surface area contributed by atoms with Gasteiger partial charge >= 0.3 is 0 Å². The van der Waals surface area contributed by atoms with Crippen LogP contribution in [-0.2, 0) is 0 Å². The molecule has 2 aromatic carbocycles. The lowest BCUT2D eigenvalue weighted by Crippen LogP contribution is -2.49. The minimum Gasteiger partial charge on any atom is -0.345 e. The van der Waals surface area contributed by atoms with Crippen LogP contribution in [0.1, 0.15) is 21.5 Å². The highest BCUT2D eigenvalue weighted by Gasteiger charge is 2.25. The molecule has 4 nitrogen and oxygen atoms in total. The van der Waals surface area contributed by atoms with Crippen molar-refractivity contribution in [3.63, 3.8) is 0 Å². The van der Waals surface area contributed by atoms with Crippen LogP contribution in [0.3, 0.4) is 0 Å². The molecule has 7 heteroatoms. The predicted octanol–water partition coefficient (Wildman–Crippen LogP) is 4.15. The Morgan fingerprint density at radius 1 is 1.07 bits per heavy atom. The first kappa shape index (κ1) is 17.9. The first-order chi connectivity index (χ1) is 12.9. The molecule has 1 amide bonds. The number of hydrogen-bond donors (Lipinski definition) is 0. The Kier molecular flexibility index (Phi) is 4.55. The smallest absolute Gasteiger partial charge is 0.256 e. The number of nitrogens with zero attached hydrogens (tertiary/aromatic N) is 3. The van der Waals surface area contributed by atoms with E-state index in [-0.39, 0.29) is 5.56 Å². The molecule has 0 saturated carbocycles. The van der Waals surface area contributed by atoms with E-state index in [1.54, 1.807) is 16.2 Å². The van der Waals surface area contributed by atoms with Gasteiger partial charge in [-0.1, -0.05) is 17.4 Å². The number of aryl methyl sites for hydroxylation is 2. The van der Waals surface area contributed by atoms with Crippen LogP contribution in [0.2, 0.25) is 0 Å². The Labute approximate surface area is 160 Å². The number of aromatic nitrogens is 1. The van der Waals surface area contributed by atoms with Crippen LogP contribution >= 0.6 is 11.3 Å². The van der Waals surface area contributed by atoms with E-state index in [9.17, 15) is 13.6 Å². The van der Waals surface area contributed by atoms with E-state index < -0.39 is 17.5 Å². The summed E-state index contributed by atoms with van der Waals surface area (Å²) in [6.07, 6.45) is 0. The number of amides is 1. The number of benzene rings is 2. The summed E-state index contributed by atoms with van der Waals surface area (Å²) >= 11 is 1.65. The van der Waals surface area contributed by atoms with E-state index in [1.165, 1.54) is 11.6 Å². The second-order valence-electron chi connectivity index (χ2n) is 6.83. The standard InChI is InChI=1S/C20H19F2N3OS/c1-12-9-13(2)18-17(10-12)27-20(23-18)25-7-5-24(6-8-25)19(26)15-4-3-14(21)11-16(15)22/h3-4,9-11H,5-8H2,1-2H3. The number of piperazine rings is 1. The van der Waals surface area contributed by atoms with Crippen LogP contribution in [0, 0.1) is 25.5 Å². The highest BCUT2D eigenvalue weighted by Crippen LogP contribution is 2.32. The molecule has 0 atom stereocenters. The Morgan fingerprint density at radius 3 is 2.52 bits per heavy atom. The summed E-state index contributed by atoms with van der Waals surface area (Å²) < 4.78 is 28.1. The van der Waals surface area contributed by atoms with Crippen molar-refractivity contribution in [3.05, 3.63) is 58.7 Å². The third kappa shape index (κ3) is 3.39. The van der Waals surface area contributed by atoms with Crippen molar-refractivity contribution >= 4 is 32.6 Å². The fourth-order valence-electron chi connectivity index (χ4n) is 3.43. The fraction of sp³-hybridized carbons (Fsp3) is 0.300. The summed E-state index contributed by atoms with van der Waals surface area (Å²) in [5, 5.41) is 0.943. The molecular formula is C20H19F2N3OS. The van der Waals surface area contributed by atoms with Gasteiger partial charge in [0.05, 0.1) is 15.8 Å². The van der Waals surface area contributed by atoms with Crippen LogP contribution < -0.4 is 4.90 Å². The molecule has 3 aromatic rings. The summed E-state index contributed by atoms with van der Waals surface area (Å²) in [5.74, 6) is -1.90. The van der Waals surface area contributed by atoms with Gasteiger partial charge in [-0.2, -0.15) is 0 Å². The molecule has 1 aromatic heterocycles. The lowest BCUT2D eigenvalue weighted by molar-refractivity contribution is 0.0742. The van der Waals surface area contributed by atoms with Crippen LogP contribution in [0.25, 0.3) is 10.2 Å². The zero-order chi connectivity index (χ0) is 19.1. The third-order valence-corrected chi connectivity index (χ3v) is 5.88. The fourth-order valence-corrected chi connectivity index (χ4v) is 4.62. The Bertz CT molecular complexity index is 1030. The highest BCUT2D eigenvalue weighted by atomic mass is 32.1. The Hall–Kier alpha value is -2.54. The lowest BCUT2D eigenvalue weighted by Gasteiger charge is -2.34. The second kappa shape index (κ2) is 6.88. The lowest BCUT2D eigenvalue weighted by atomic mass is 10.1. The minimum absolute atomic E-state index is 0.0871. The van der Waals surface area contributed by atoms with Crippen LogP contribution in [-0.4, -0.2) is 42.0 Å². The van der Waals surface area contributed by atoms with Gasteiger partial charge in [-0.3, -0.25) is 4.79 Å². The number of thiazole rings is 1. The van der Waals surface area contributed by atoms with Gasteiger partial charge in [-0.15, -0.1) is 0 Å². The average molecular weight is 387 g/mol. The summed E-state index contributed by atoms with van der Waals surface area (Å²) in [7, 11) is 0. The quantitative estimate of drug-likeness (QED) is 0.663. The molecule has 1 aliphatic rings. The third-order valence-electron chi connectivity index (χ3n) is 4.82. The molecule has 140 valence electrons. The number of anilines is 1. The van der Waals surface area contributed by atoms with E-state index in [0.717, 1.165) is 33.0 Å². The maximum Gasteiger partial charge on any atom is 0.256 e. The molecule has 0 radical (unpaired) electrons. The molecule has 1 aliphatic heterocycles. The van der Waals surface area contributed by atoms with Crippen molar-refractivity contribution in [3.8, 4) is 0 Å². The maximum absolute atomic E-state index is 13.9.